The minimum absolute atomic E-state index is 0.116. The Balaban J connectivity index is 1.97. The zero-order valence-electron chi connectivity index (χ0n) is 17.7. The first-order valence-corrected chi connectivity index (χ1v) is 9.66. The lowest BCUT2D eigenvalue weighted by atomic mass is 9.90. The average Bonchev–Trinajstić information content (AvgIpc) is 2.62. The van der Waals surface area contributed by atoms with Crippen LogP contribution >= 0.6 is 0 Å². The van der Waals surface area contributed by atoms with Crippen molar-refractivity contribution in [3.8, 4) is 5.75 Å². The molecule has 1 aliphatic rings. The highest BCUT2D eigenvalue weighted by molar-refractivity contribution is 5.93. The molecule has 1 aliphatic carbocycles. The number of esters is 1. The first-order valence-electron chi connectivity index (χ1n) is 9.66. The smallest absolute Gasteiger partial charge is 0.407 e. The summed E-state index contributed by atoms with van der Waals surface area (Å²) in [6.45, 7) is 7.45. The minimum Gasteiger partial charge on any atom is -0.497 e. The molecule has 2 rings (SSSR count). The molecule has 0 spiro atoms. The van der Waals surface area contributed by atoms with Crippen molar-refractivity contribution in [2.24, 2.45) is 0 Å². The van der Waals surface area contributed by atoms with Crippen LogP contribution in [0.2, 0.25) is 0 Å². The van der Waals surface area contributed by atoms with E-state index < -0.39 is 5.60 Å². The third kappa shape index (κ3) is 6.04. The Hall–Kier alpha value is -2.44. The van der Waals surface area contributed by atoms with Crippen LogP contribution in [0.5, 0.6) is 5.75 Å². The predicted octanol–water partition coefficient (Wildman–Crippen LogP) is 4.04. The van der Waals surface area contributed by atoms with Crippen molar-refractivity contribution in [3.63, 3.8) is 0 Å². The van der Waals surface area contributed by atoms with Gasteiger partial charge in [-0.3, -0.25) is 0 Å². The fourth-order valence-corrected chi connectivity index (χ4v) is 3.35. The molecule has 0 aromatic heterocycles. The lowest BCUT2D eigenvalue weighted by Gasteiger charge is -2.31. The second-order valence-electron chi connectivity index (χ2n) is 8.18. The monoisotopic (exact) mass is 392 g/mol. The van der Waals surface area contributed by atoms with Gasteiger partial charge in [-0.05, 0) is 65.0 Å². The number of alkyl carbamates (subject to hydrolysis) is 1. The van der Waals surface area contributed by atoms with E-state index in [1.807, 2.05) is 33.8 Å². The van der Waals surface area contributed by atoms with Crippen LogP contribution in [0.25, 0.3) is 0 Å². The zero-order valence-corrected chi connectivity index (χ0v) is 17.7. The SMILES string of the molecule is COC(=O)c1cc(OC)cc(NC2CCC(NC(=O)OC(C)(C)C)CC2)c1C. The lowest BCUT2D eigenvalue weighted by molar-refractivity contribution is 0.0491. The van der Waals surface area contributed by atoms with Crippen LogP contribution in [0.1, 0.15) is 62.4 Å². The number of hydrogen-bond donors (Lipinski definition) is 2. The van der Waals surface area contributed by atoms with Crippen molar-refractivity contribution in [2.75, 3.05) is 19.5 Å². The molecule has 7 heteroatoms. The Morgan fingerprint density at radius 2 is 1.64 bits per heavy atom. The molecule has 1 fully saturated rings. The van der Waals surface area contributed by atoms with Crippen LogP contribution < -0.4 is 15.4 Å². The first-order chi connectivity index (χ1) is 13.1. The number of hydrogen-bond acceptors (Lipinski definition) is 6. The summed E-state index contributed by atoms with van der Waals surface area (Å²) in [7, 11) is 2.94. The quantitative estimate of drug-likeness (QED) is 0.736. The van der Waals surface area contributed by atoms with Crippen molar-refractivity contribution in [1.29, 1.82) is 0 Å². The van der Waals surface area contributed by atoms with Gasteiger partial charge in [-0.2, -0.15) is 0 Å². The Labute approximate surface area is 167 Å². The summed E-state index contributed by atoms with van der Waals surface area (Å²) in [5, 5.41) is 6.47. The summed E-state index contributed by atoms with van der Waals surface area (Å²) in [5.74, 6) is 0.221. The van der Waals surface area contributed by atoms with Gasteiger partial charge in [0.2, 0.25) is 0 Å². The van der Waals surface area contributed by atoms with E-state index in [1.54, 1.807) is 13.2 Å². The van der Waals surface area contributed by atoms with Crippen LogP contribution in [0.15, 0.2) is 12.1 Å². The maximum absolute atomic E-state index is 12.0. The summed E-state index contributed by atoms with van der Waals surface area (Å²) in [6.07, 6.45) is 3.18. The third-order valence-corrected chi connectivity index (χ3v) is 4.83. The van der Waals surface area contributed by atoms with Crippen molar-refractivity contribution in [1.82, 2.24) is 5.32 Å². The molecule has 0 saturated heterocycles. The summed E-state index contributed by atoms with van der Waals surface area (Å²) in [6, 6.07) is 3.96. The summed E-state index contributed by atoms with van der Waals surface area (Å²) in [4.78, 5) is 24.0. The van der Waals surface area contributed by atoms with E-state index in [0.717, 1.165) is 36.9 Å². The number of amides is 1. The van der Waals surface area contributed by atoms with Gasteiger partial charge in [0.15, 0.2) is 0 Å². The minimum atomic E-state index is -0.496. The average molecular weight is 392 g/mol. The number of nitrogens with one attached hydrogen (secondary N) is 2. The Kier molecular flexibility index (Phi) is 7.16. The second kappa shape index (κ2) is 9.17. The maximum atomic E-state index is 12.0. The molecular formula is C21H32N2O5. The Morgan fingerprint density at radius 1 is 1.04 bits per heavy atom. The molecule has 0 bridgehead atoms. The van der Waals surface area contributed by atoms with E-state index in [1.165, 1.54) is 7.11 Å². The normalized spacial score (nSPS) is 19.5. The molecule has 1 aromatic carbocycles. The fraction of sp³-hybridized carbons (Fsp3) is 0.619. The van der Waals surface area contributed by atoms with E-state index in [9.17, 15) is 9.59 Å². The van der Waals surface area contributed by atoms with Gasteiger partial charge in [0.05, 0.1) is 19.8 Å². The van der Waals surface area contributed by atoms with Crippen molar-refractivity contribution < 1.29 is 23.8 Å². The molecule has 2 N–H and O–H groups in total. The highest BCUT2D eigenvalue weighted by Gasteiger charge is 2.25. The van der Waals surface area contributed by atoms with Crippen LogP contribution in [0, 0.1) is 6.92 Å². The molecule has 156 valence electrons. The largest absolute Gasteiger partial charge is 0.497 e. The molecule has 1 saturated carbocycles. The fourth-order valence-electron chi connectivity index (χ4n) is 3.35. The van der Waals surface area contributed by atoms with Crippen molar-refractivity contribution in [2.45, 2.75) is 71.1 Å². The van der Waals surface area contributed by atoms with Crippen LogP contribution in [0.4, 0.5) is 10.5 Å². The van der Waals surface area contributed by atoms with Gasteiger partial charge >= 0.3 is 12.1 Å². The maximum Gasteiger partial charge on any atom is 0.407 e. The molecule has 1 amide bonds. The molecule has 0 heterocycles. The lowest BCUT2D eigenvalue weighted by Crippen LogP contribution is -2.42. The zero-order chi connectivity index (χ0) is 20.9. The van der Waals surface area contributed by atoms with Crippen LogP contribution in [0.3, 0.4) is 0 Å². The first kappa shape index (κ1) is 21.9. The van der Waals surface area contributed by atoms with Gasteiger partial charge < -0.3 is 24.8 Å². The molecule has 1 aromatic rings. The Bertz CT molecular complexity index is 703. The predicted molar refractivity (Wildman–Crippen MR) is 108 cm³/mol. The van der Waals surface area contributed by atoms with Gasteiger partial charge in [-0.15, -0.1) is 0 Å². The van der Waals surface area contributed by atoms with Crippen molar-refractivity contribution in [3.05, 3.63) is 23.3 Å². The number of ether oxygens (including phenoxy) is 3. The van der Waals surface area contributed by atoms with E-state index in [2.05, 4.69) is 10.6 Å². The number of rotatable bonds is 5. The van der Waals surface area contributed by atoms with E-state index in [-0.39, 0.29) is 24.1 Å². The summed E-state index contributed by atoms with van der Waals surface area (Å²) in [5.41, 5.74) is 1.69. The summed E-state index contributed by atoms with van der Waals surface area (Å²) >= 11 is 0. The van der Waals surface area contributed by atoms with E-state index in [4.69, 9.17) is 14.2 Å². The topological polar surface area (TPSA) is 85.9 Å². The number of anilines is 1. The van der Waals surface area contributed by atoms with Crippen LogP contribution in [-0.4, -0.2) is 44.0 Å². The number of carbonyl (C=O) groups is 2. The highest BCUT2D eigenvalue weighted by atomic mass is 16.6. The number of benzene rings is 1. The van der Waals surface area contributed by atoms with Crippen molar-refractivity contribution >= 4 is 17.7 Å². The third-order valence-electron chi connectivity index (χ3n) is 4.83. The molecule has 0 aliphatic heterocycles. The van der Waals surface area contributed by atoms with Gasteiger partial charge in [0.1, 0.15) is 11.4 Å². The van der Waals surface area contributed by atoms with Gasteiger partial charge in [0, 0.05) is 23.8 Å². The van der Waals surface area contributed by atoms with Gasteiger partial charge in [0.25, 0.3) is 0 Å². The van der Waals surface area contributed by atoms with E-state index in [0.29, 0.717) is 11.3 Å². The molecule has 7 nitrogen and oxygen atoms in total. The Morgan fingerprint density at radius 3 is 2.18 bits per heavy atom. The highest BCUT2D eigenvalue weighted by Crippen LogP contribution is 2.30. The molecular weight excluding hydrogens is 360 g/mol. The van der Waals surface area contributed by atoms with E-state index >= 15 is 0 Å². The molecule has 0 radical (unpaired) electrons. The second-order valence-corrected chi connectivity index (χ2v) is 8.18. The van der Waals surface area contributed by atoms with Gasteiger partial charge in [-0.25, -0.2) is 9.59 Å². The van der Waals surface area contributed by atoms with Crippen LogP contribution in [-0.2, 0) is 9.47 Å². The number of carbonyl (C=O) groups excluding carboxylic acids is 2. The molecule has 0 unspecified atom stereocenters. The van der Waals surface area contributed by atoms with Gasteiger partial charge in [-0.1, -0.05) is 0 Å². The number of methoxy groups -OCH3 is 2. The molecule has 28 heavy (non-hydrogen) atoms. The summed E-state index contributed by atoms with van der Waals surface area (Å²) < 4.78 is 15.5. The standard InChI is InChI=1S/C21H32N2O5/c1-13-17(19(24)27-6)11-16(26-5)12-18(13)22-14-7-9-15(10-8-14)23-20(25)28-21(2,3)4/h11-12,14-15,22H,7-10H2,1-6H3,(H,23,25). The molecule has 0 atom stereocenters.